The van der Waals surface area contributed by atoms with Gasteiger partial charge in [0, 0.05) is 12.1 Å². The maximum absolute atomic E-state index is 13.0. The normalized spacial score (nSPS) is 12.2. The molecular formula is C13H11BF5NO. The minimum atomic E-state index is -5.97. The molecule has 0 unspecified atom stereocenters. The van der Waals surface area contributed by atoms with Crippen molar-refractivity contribution in [2.75, 3.05) is 0 Å². The molecule has 0 radical (unpaired) electrons. The van der Waals surface area contributed by atoms with E-state index < -0.39 is 13.0 Å². The summed E-state index contributed by atoms with van der Waals surface area (Å²) >= 11 is 0. The molecule has 0 aliphatic heterocycles. The average Bonchev–Trinajstić information content (AvgIpc) is 2.40. The summed E-state index contributed by atoms with van der Waals surface area (Å²) in [5, 5.41) is 0. The Balaban J connectivity index is 2.26. The smallest absolute Gasteiger partial charge is 0.432 e. The molecule has 1 aromatic carbocycles. The van der Waals surface area contributed by atoms with E-state index in [2.05, 4.69) is 4.76 Å². The molecule has 2 aromatic rings. The van der Waals surface area contributed by atoms with Crippen molar-refractivity contribution in [1.29, 1.82) is 0 Å². The second kappa shape index (κ2) is 5.71. The standard InChI is InChI=1S/C13H11BF5NO/c15-13(16,17)14(18,19)21-20-9-5-4-8-12(20)10-11-6-2-1-3-7-11/h1-9H,10H2. The van der Waals surface area contributed by atoms with Crippen molar-refractivity contribution in [2.24, 2.45) is 0 Å². The molecule has 0 bridgehead atoms. The molecule has 21 heavy (non-hydrogen) atoms. The number of halogens is 5. The topological polar surface area (TPSA) is 13.1 Å². The van der Waals surface area contributed by atoms with Gasteiger partial charge in [0.05, 0.1) is 6.42 Å². The van der Waals surface area contributed by atoms with Crippen LogP contribution in [0, 0.1) is 0 Å². The van der Waals surface area contributed by atoms with Crippen LogP contribution in [-0.2, 0) is 6.42 Å². The molecule has 0 aliphatic rings. The Morgan fingerprint density at radius 3 is 2.19 bits per heavy atom. The Labute approximate surface area is 117 Å². The Kier molecular flexibility index (Phi) is 4.15. The van der Waals surface area contributed by atoms with E-state index in [9.17, 15) is 21.8 Å². The number of aromatic nitrogens is 1. The van der Waals surface area contributed by atoms with Crippen molar-refractivity contribution in [3.05, 3.63) is 66.0 Å². The van der Waals surface area contributed by atoms with Gasteiger partial charge in [0.1, 0.15) is 0 Å². The number of benzene rings is 1. The van der Waals surface area contributed by atoms with Crippen LogP contribution in [0.25, 0.3) is 0 Å². The fourth-order valence-electron chi connectivity index (χ4n) is 1.71. The van der Waals surface area contributed by atoms with Gasteiger partial charge in [-0.1, -0.05) is 30.3 Å². The molecule has 1 heterocycles. The van der Waals surface area contributed by atoms with E-state index in [-0.39, 0.29) is 12.1 Å². The monoisotopic (exact) mass is 303 g/mol. The summed E-state index contributed by atoms with van der Waals surface area (Å²) in [6.07, 6.45) is -4.52. The van der Waals surface area contributed by atoms with Crippen LogP contribution in [0.3, 0.4) is 0 Å². The van der Waals surface area contributed by atoms with Crippen LogP contribution in [0.2, 0.25) is 0 Å². The lowest BCUT2D eigenvalue weighted by molar-refractivity contribution is -0.873. The van der Waals surface area contributed by atoms with Gasteiger partial charge in [-0.05, 0) is 16.4 Å². The van der Waals surface area contributed by atoms with E-state index in [4.69, 9.17) is 0 Å². The molecule has 0 amide bonds. The maximum atomic E-state index is 13.0. The number of hydrogen-bond acceptors (Lipinski definition) is 1. The molecule has 0 N–H and O–H groups in total. The predicted molar refractivity (Wildman–Crippen MR) is 66.5 cm³/mol. The fourth-order valence-corrected chi connectivity index (χ4v) is 1.71. The number of alkyl halides is 3. The lowest BCUT2D eigenvalue weighted by atomic mass is 9.87. The van der Waals surface area contributed by atoms with Crippen LogP contribution in [0.5, 0.6) is 0 Å². The zero-order valence-electron chi connectivity index (χ0n) is 10.7. The molecule has 1 aromatic heterocycles. The van der Waals surface area contributed by atoms with E-state index in [1.54, 1.807) is 30.3 Å². The first kappa shape index (κ1) is 15.3. The summed E-state index contributed by atoms with van der Waals surface area (Å²) < 4.78 is 67.1. The highest BCUT2D eigenvalue weighted by Gasteiger charge is 2.60. The Hall–Kier alpha value is -2.12. The van der Waals surface area contributed by atoms with E-state index >= 15 is 0 Å². The molecule has 2 nitrogen and oxygen atoms in total. The first-order chi connectivity index (χ1) is 9.79. The van der Waals surface area contributed by atoms with Crippen molar-refractivity contribution in [3.63, 3.8) is 0 Å². The van der Waals surface area contributed by atoms with Gasteiger partial charge in [0.25, 0.3) is 0 Å². The zero-order chi connectivity index (χ0) is 15.5. The Morgan fingerprint density at radius 2 is 1.57 bits per heavy atom. The summed E-state index contributed by atoms with van der Waals surface area (Å²) in [4.78, 5) is 0. The number of nitrogens with zero attached hydrogens (tertiary/aromatic N) is 1. The largest absolute Gasteiger partial charge is 0.658 e. The van der Waals surface area contributed by atoms with Gasteiger partial charge in [-0.3, -0.25) is 0 Å². The van der Waals surface area contributed by atoms with Gasteiger partial charge < -0.3 is 13.4 Å². The first-order valence-corrected chi connectivity index (χ1v) is 6.10. The molecule has 0 saturated carbocycles. The van der Waals surface area contributed by atoms with Crippen LogP contribution in [-0.4, -0.2) is 13.0 Å². The van der Waals surface area contributed by atoms with Crippen molar-refractivity contribution >= 4 is 6.90 Å². The highest BCUT2D eigenvalue weighted by atomic mass is 19.4. The number of rotatable bonds is 4. The molecule has 0 fully saturated rings. The predicted octanol–water partition coefficient (Wildman–Crippen LogP) is 2.97. The first-order valence-electron chi connectivity index (χ1n) is 6.10. The van der Waals surface area contributed by atoms with Gasteiger partial charge in [-0.2, -0.15) is 0 Å². The van der Waals surface area contributed by atoms with Gasteiger partial charge >= 0.3 is 13.0 Å². The third-order valence-corrected chi connectivity index (χ3v) is 2.76. The summed E-state index contributed by atoms with van der Waals surface area (Å²) in [5.41, 5.74) is 0.957. The summed E-state index contributed by atoms with van der Waals surface area (Å²) in [7, 11) is 0. The van der Waals surface area contributed by atoms with E-state index in [0.717, 1.165) is 11.8 Å². The second-order valence-electron chi connectivity index (χ2n) is 4.42. The van der Waals surface area contributed by atoms with Gasteiger partial charge in [0.2, 0.25) is 11.9 Å². The SMILES string of the molecule is F[B-](F)(O[n+]1ccccc1Cc1ccccc1)C(F)(F)F. The zero-order valence-corrected chi connectivity index (χ0v) is 10.7. The van der Waals surface area contributed by atoms with Crippen molar-refractivity contribution < 1.29 is 31.3 Å². The molecule has 112 valence electrons. The quantitative estimate of drug-likeness (QED) is 0.481. The highest BCUT2D eigenvalue weighted by Crippen LogP contribution is 2.29. The van der Waals surface area contributed by atoms with Crippen molar-refractivity contribution in [3.8, 4) is 0 Å². The van der Waals surface area contributed by atoms with Crippen molar-refractivity contribution in [2.45, 2.75) is 12.5 Å². The molecule has 0 saturated heterocycles. The lowest BCUT2D eigenvalue weighted by Gasteiger charge is -2.23. The van der Waals surface area contributed by atoms with Crippen LogP contribution in [0.15, 0.2) is 54.7 Å². The van der Waals surface area contributed by atoms with Crippen LogP contribution in [0.4, 0.5) is 21.8 Å². The number of hydrogen-bond donors (Lipinski definition) is 0. The van der Waals surface area contributed by atoms with E-state index in [1.165, 1.54) is 18.2 Å². The van der Waals surface area contributed by atoms with Crippen molar-refractivity contribution in [1.82, 2.24) is 0 Å². The minimum absolute atomic E-state index is 0.172. The second-order valence-corrected chi connectivity index (χ2v) is 4.42. The van der Waals surface area contributed by atoms with Crippen LogP contribution < -0.4 is 9.49 Å². The van der Waals surface area contributed by atoms with Gasteiger partial charge in [0.15, 0.2) is 0 Å². The van der Waals surface area contributed by atoms with Crippen LogP contribution >= 0.6 is 0 Å². The Bertz CT molecular complexity index is 603. The lowest BCUT2D eigenvalue weighted by Crippen LogP contribution is -2.63. The van der Waals surface area contributed by atoms with Crippen LogP contribution in [0.1, 0.15) is 11.3 Å². The minimum Gasteiger partial charge on any atom is -0.432 e. The summed E-state index contributed by atoms with van der Waals surface area (Å²) in [6, 6.07) is 13.0. The third-order valence-electron chi connectivity index (χ3n) is 2.76. The van der Waals surface area contributed by atoms with E-state index in [0.29, 0.717) is 4.73 Å². The molecule has 8 heteroatoms. The molecule has 0 aliphatic carbocycles. The van der Waals surface area contributed by atoms with Gasteiger partial charge in [-0.25, -0.2) is 13.2 Å². The molecule has 2 rings (SSSR count). The average molecular weight is 303 g/mol. The molecule has 0 atom stereocenters. The van der Waals surface area contributed by atoms with E-state index in [1.807, 2.05) is 0 Å². The molecular weight excluding hydrogens is 292 g/mol. The van der Waals surface area contributed by atoms with Gasteiger partial charge in [-0.15, -0.1) is 0 Å². The molecule has 0 spiro atoms. The summed E-state index contributed by atoms with van der Waals surface area (Å²) in [6.45, 7) is -5.97. The summed E-state index contributed by atoms with van der Waals surface area (Å²) in [5.74, 6) is 0. The highest BCUT2D eigenvalue weighted by molar-refractivity contribution is 6.61. The number of pyridine rings is 1. The Morgan fingerprint density at radius 1 is 0.952 bits per heavy atom. The third kappa shape index (κ3) is 3.71. The fraction of sp³-hybridized carbons (Fsp3) is 0.154. The maximum Gasteiger partial charge on any atom is 0.658 e.